The van der Waals surface area contributed by atoms with Crippen molar-refractivity contribution in [3.05, 3.63) is 34.6 Å². The predicted molar refractivity (Wildman–Crippen MR) is 69.6 cm³/mol. The summed E-state index contributed by atoms with van der Waals surface area (Å²) in [5.74, 6) is -1.65. The van der Waals surface area contributed by atoms with Gasteiger partial charge in [-0.15, -0.1) is 0 Å². The van der Waals surface area contributed by atoms with Crippen molar-refractivity contribution in [2.24, 2.45) is 0 Å². The van der Waals surface area contributed by atoms with Crippen LogP contribution in [0.25, 0.3) is 0 Å². The van der Waals surface area contributed by atoms with Crippen LogP contribution < -0.4 is 5.32 Å². The molecule has 1 unspecified atom stereocenters. The molecule has 0 aliphatic heterocycles. The Balaban J connectivity index is 2.74. The summed E-state index contributed by atoms with van der Waals surface area (Å²) >= 11 is 5.75. The number of hydrogen-bond acceptors (Lipinski definition) is 2. The van der Waals surface area contributed by atoms with Gasteiger partial charge in [0.05, 0.1) is 0 Å². The highest BCUT2D eigenvalue weighted by Crippen LogP contribution is 2.16. The van der Waals surface area contributed by atoms with Gasteiger partial charge in [-0.25, -0.2) is 4.39 Å². The molecule has 0 aliphatic rings. The van der Waals surface area contributed by atoms with Crippen LogP contribution in [0.5, 0.6) is 0 Å². The van der Waals surface area contributed by atoms with Gasteiger partial charge in [-0.05, 0) is 36.6 Å². The van der Waals surface area contributed by atoms with Crippen molar-refractivity contribution in [2.45, 2.75) is 32.2 Å². The van der Waals surface area contributed by atoms with Crippen LogP contribution in [0.2, 0.25) is 5.02 Å². The quantitative estimate of drug-likeness (QED) is 0.844. The van der Waals surface area contributed by atoms with Crippen molar-refractivity contribution < 1.29 is 19.1 Å². The molecule has 104 valence electrons. The van der Waals surface area contributed by atoms with Gasteiger partial charge in [0.15, 0.2) is 0 Å². The fourth-order valence-electron chi connectivity index (χ4n) is 1.82. The summed E-state index contributed by atoms with van der Waals surface area (Å²) < 4.78 is 13.2. The zero-order chi connectivity index (χ0) is 14.4. The molecule has 0 heterocycles. The van der Waals surface area contributed by atoms with Gasteiger partial charge in [0.2, 0.25) is 5.91 Å². The molecule has 0 bridgehead atoms. The molecule has 2 N–H and O–H groups in total. The maximum atomic E-state index is 13.2. The molecule has 0 aliphatic carbocycles. The average molecular weight is 288 g/mol. The number of benzene rings is 1. The highest BCUT2D eigenvalue weighted by atomic mass is 35.5. The molecule has 4 nitrogen and oxygen atoms in total. The minimum absolute atomic E-state index is 0.0615. The lowest BCUT2D eigenvalue weighted by Gasteiger charge is -2.17. The monoisotopic (exact) mass is 287 g/mol. The number of amides is 1. The molecule has 1 aromatic rings. The molecule has 0 saturated heterocycles. The number of rotatable bonds is 6. The topological polar surface area (TPSA) is 66.4 Å². The van der Waals surface area contributed by atoms with Crippen molar-refractivity contribution in [3.63, 3.8) is 0 Å². The third kappa shape index (κ3) is 6.20. The summed E-state index contributed by atoms with van der Waals surface area (Å²) in [7, 11) is 0. The molecule has 1 atom stereocenters. The van der Waals surface area contributed by atoms with Crippen LogP contribution in [0.15, 0.2) is 18.2 Å². The molecule has 0 radical (unpaired) electrons. The van der Waals surface area contributed by atoms with Gasteiger partial charge in [0.25, 0.3) is 0 Å². The summed E-state index contributed by atoms with van der Waals surface area (Å²) in [5.41, 5.74) is 0.620. The summed E-state index contributed by atoms with van der Waals surface area (Å²) in [6, 6.07) is 3.75. The van der Waals surface area contributed by atoms with Crippen molar-refractivity contribution in [1.29, 1.82) is 0 Å². The number of carboxylic acid groups (broad SMARTS) is 1. The molecule has 0 fully saturated rings. The minimum Gasteiger partial charge on any atom is -0.481 e. The van der Waals surface area contributed by atoms with Crippen LogP contribution in [-0.2, 0) is 16.0 Å². The third-order valence-corrected chi connectivity index (χ3v) is 2.74. The number of carboxylic acids is 1. The molecule has 0 saturated carbocycles. The zero-order valence-electron chi connectivity index (χ0n) is 10.5. The van der Waals surface area contributed by atoms with Gasteiger partial charge in [-0.3, -0.25) is 9.59 Å². The number of carbonyl (C=O) groups excluding carboxylic acids is 1. The van der Waals surface area contributed by atoms with E-state index >= 15 is 0 Å². The highest BCUT2D eigenvalue weighted by Gasteiger charge is 2.13. The first-order valence-electron chi connectivity index (χ1n) is 5.80. The van der Waals surface area contributed by atoms with Crippen LogP contribution in [-0.4, -0.2) is 23.0 Å². The van der Waals surface area contributed by atoms with E-state index in [2.05, 4.69) is 5.32 Å². The van der Waals surface area contributed by atoms with E-state index in [4.69, 9.17) is 16.7 Å². The Bertz CT molecular complexity index is 459. The van der Waals surface area contributed by atoms with E-state index in [1.54, 1.807) is 6.07 Å². The van der Waals surface area contributed by atoms with E-state index in [1.165, 1.54) is 19.1 Å². The Morgan fingerprint density at radius 1 is 1.42 bits per heavy atom. The zero-order valence-corrected chi connectivity index (χ0v) is 11.2. The van der Waals surface area contributed by atoms with Crippen LogP contribution >= 0.6 is 11.6 Å². The fourth-order valence-corrected chi connectivity index (χ4v) is 2.07. The van der Waals surface area contributed by atoms with E-state index in [1.807, 2.05) is 0 Å². The first-order valence-corrected chi connectivity index (χ1v) is 6.18. The lowest BCUT2D eigenvalue weighted by Crippen LogP contribution is -2.35. The van der Waals surface area contributed by atoms with Gasteiger partial charge in [0.1, 0.15) is 5.82 Å². The number of hydrogen-bond donors (Lipinski definition) is 2. The van der Waals surface area contributed by atoms with Gasteiger partial charge in [-0.1, -0.05) is 11.6 Å². The molecule has 6 heteroatoms. The third-order valence-electron chi connectivity index (χ3n) is 2.52. The minimum atomic E-state index is -0.937. The number of nitrogens with one attached hydrogen (secondary N) is 1. The first-order chi connectivity index (χ1) is 8.86. The van der Waals surface area contributed by atoms with Crippen LogP contribution in [0.3, 0.4) is 0 Å². The van der Waals surface area contributed by atoms with Gasteiger partial charge in [0, 0.05) is 24.4 Å². The average Bonchev–Trinajstić information content (AvgIpc) is 2.23. The molecule has 1 amide bonds. The van der Waals surface area contributed by atoms with E-state index in [9.17, 15) is 14.0 Å². The predicted octanol–water partition coefficient (Wildman–Crippen LogP) is 2.39. The summed E-state index contributed by atoms with van der Waals surface area (Å²) in [6.07, 6.45) is 0.557. The Hall–Kier alpha value is -1.62. The summed E-state index contributed by atoms with van der Waals surface area (Å²) in [5, 5.41) is 11.6. The molecular formula is C13H15ClFNO3. The van der Waals surface area contributed by atoms with E-state index in [-0.39, 0.29) is 29.8 Å². The van der Waals surface area contributed by atoms with Crippen LogP contribution in [0.1, 0.15) is 25.3 Å². The van der Waals surface area contributed by atoms with Crippen molar-refractivity contribution in [3.8, 4) is 0 Å². The maximum Gasteiger partial charge on any atom is 0.303 e. The van der Waals surface area contributed by atoms with E-state index in [0.29, 0.717) is 12.0 Å². The molecule has 0 aromatic heterocycles. The first kappa shape index (κ1) is 15.4. The lowest BCUT2D eigenvalue weighted by molar-refractivity contribution is -0.137. The number of aliphatic carboxylic acids is 1. The second kappa shape index (κ2) is 7.09. The Morgan fingerprint density at radius 3 is 2.63 bits per heavy atom. The Labute approximate surface area is 115 Å². The molecular weight excluding hydrogens is 273 g/mol. The molecule has 19 heavy (non-hydrogen) atoms. The van der Waals surface area contributed by atoms with Crippen LogP contribution in [0.4, 0.5) is 4.39 Å². The normalized spacial score (nSPS) is 11.9. The smallest absolute Gasteiger partial charge is 0.303 e. The number of carbonyl (C=O) groups is 2. The van der Waals surface area contributed by atoms with Crippen molar-refractivity contribution in [1.82, 2.24) is 5.32 Å². The largest absolute Gasteiger partial charge is 0.481 e. The molecule has 1 aromatic carbocycles. The highest BCUT2D eigenvalue weighted by molar-refractivity contribution is 6.30. The van der Waals surface area contributed by atoms with Gasteiger partial charge >= 0.3 is 5.97 Å². The molecule has 1 rings (SSSR count). The fraction of sp³-hybridized carbons (Fsp3) is 0.385. The summed E-state index contributed by atoms with van der Waals surface area (Å²) in [4.78, 5) is 21.6. The lowest BCUT2D eigenvalue weighted by atomic mass is 10.0. The second-order valence-electron chi connectivity index (χ2n) is 4.31. The van der Waals surface area contributed by atoms with E-state index in [0.717, 1.165) is 0 Å². The Morgan fingerprint density at radius 2 is 2.11 bits per heavy atom. The summed E-state index contributed by atoms with van der Waals surface area (Å²) in [6.45, 7) is 1.35. The standard InChI is InChI=1S/C13H15ClFNO3/c1-8(17)16-12(2-3-13(18)19)6-9-4-10(14)7-11(15)5-9/h4-5,7,12H,2-3,6H2,1H3,(H,16,17)(H,18,19). The van der Waals surface area contributed by atoms with Crippen LogP contribution in [0, 0.1) is 5.82 Å². The second-order valence-corrected chi connectivity index (χ2v) is 4.75. The maximum absolute atomic E-state index is 13.2. The molecule has 0 spiro atoms. The SMILES string of the molecule is CC(=O)NC(CCC(=O)O)Cc1cc(F)cc(Cl)c1. The van der Waals surface area contributed by atoms with Crippen molar-refractivity contribution >= 4 is 23.5 Å². The Kier molecular flexibility index (Phi) is 5.76. The van der Waals surface area contributed by atoms with E-state index < -0.39 is 11.8 Å². The van der Waals surface area contributed by atoms with Gasteiger partial charge in [-0.2, -0.15) is 0 Å². The van der Waals surface area contributed by atoms with Gasteiger partial charge < -0.3 is 10.4 Å². The van der Waals surface area contributed by atoms with Crippen molar-refractivity contribution in [2.75, 3.05) is 0 Å². The number of halogens is 2.